The van der Waals surface area contributed by atoms with E-state index in [-0.39, 0.29) is 1.43 Å². The lowest BCUT2D eigenvalue weighted by molar-refractivity contribution is 0.915. The van der Waals surface area contributed by atoms with E-state index in [1.54, 1.807) is 24.5 Å². The third kappa shape index (κ3) is 1.30. The van der Waals surface area contributed by atoms with Crippen LogP contribution >= 0.6 is 0 Å². The van der Waals surface area contributed by atoms with Crippen LogP contribution in [0.4, 0.5) is 0 Å². The number of rotatable bonds is 1. The fraction of sp³-hybridized carbons (Fsp3) is 0.143. The predicted molar refractivity (Wildman–Crippen MR) is 38.9 cm³/mol. The number of nitrogens with two attached hydrogens (primary N) is 1. The molecule has 0 amide bonds. The number of hydrogen-bond donors (Lipinski definition) is 1. The van der Waals surface area contributed by atoms with Crippen molar-refractivity contribution in [1.29, 1.82) is 5.26 Å². The summed E-state index contributed by atoms with van der Waals surface area (Å²) in [7, 11) is 0. The molecule has 0 fully saturated rings. The zero-order valence-corrected chi connectivity index (χ0v) is 5.36. The van der Waals surface area contributed by atoms with Gasteiger partial charge in [-0.15, -0.1) is 0 Å². The zero-order valence-electron chi connectivity index (χ0n) is 5.36. The molecule has 0 saturated carbocycles. The Morgan fingerprint density at radius 3 is 3.10 bits per heavy atom. The Morgan fingerprint density at radius 1 is 1.80 bits per heavy atom. The molecule has 2 N–H and O–H groups in total. The molecule has 0 aromatic carbocycles. The van der Waals surface area contributed by atoms with Gasteiger partial charge in [-0.2, -0.15) is 5.26 Å². The smallest absolute Gasteiger partial charge is 0.120 e. The number of nitriles is 1. The molecule has 0 spiro atoms. The molecule has 0 saturated heterocycles. The SMILES string of the molecule is N#CC(N)c1cccnc1.[HH]. The van der Waals surface area contributed by atoms with Gasteiger partial charge in [-0.05, 0) is 6.07 Å². The van der Waals surface area contributed by atoms with Crippen molar-refractivity contribution in [3.63, 3.8) is 0 Å². The van der Waals surface area contributed by atoms with E-state index >= 15 is 0 Å². The van der Waals surface area contributed by atoms with Crippen molar-refractivity contribution in [2.75, 3.05) is 0 Å². The van der Waals surface area contributed by atoms with E-state index in [0.717, 1.165) is 5.56 Å². The van der Waals surface area contributed by atoms with Crippen molar-refractivity contribution < 1.29 is 1.43 Å². The van der Waals surface area contributed by atoms with Crippen molar-refractivity contribution in [1.82, 2.24) is 4.98 Å². The maximum absolute atomic E-state index is 8.39. The van der Waals surface area contributed by atoms with Gasteiger partial charge < -0.3 is 5.73 Å². The summed E-state index contributed by atoms with van der Waals surface area (Å²) < 4.78 is 0. The lowest BCUT2D eigenvalue weighted by Crippen LogP contribution is -2.06. The molecular weight excluding hydrogens is 126 g/mol. The van der Waals surface area contributed by atoms with Crippen molar-refractivity contribution in [3.8, 4) is 6.07 Å². The molecule has 1 atom stereocenters. The van der Waals surface area contributed by atoms with Gasteiger partial charge in [0.1, 0.15) is 6.04 Å². The van der Waals surface area contributed by atoms with Crippen LogP contribution in [0.3, 0.4) is 0 Å². The van der Waals surface area contributed by atoms with Gasteiger partial charge >= 0.3 is 0 Å². The summed E-state index contributed by atoms with van der Waals surface area (Å²) in [6, 6.07) is 4.91. The van der Waals surface area contributed by atoms with E-state index in [4.69, 9.17) is 11.0 Å². The van der Waals surface area contributed by atoms with E-state index in [0.29, 0.717) is 0 Å². The second-order valence-corrected chi connectivity index (χ2v) is 1.89. The first-order chi connectivity index (χ1) is 4.84. The highest BCUT2D eigenvalue weighted by Gasteiger charge is 2.00. The number of pyridine rings is 1. The molecule has 1 rings (SSSR count). The van der Waals surface area contributed by atoms with Gasteiger partial charge in [0.15, 0.2) is 0 Å². The standard InChI is InChI=1S/C7H7N3.H2/c8-4-7(9)6-2-1-3-10-5-6;/h1-3,5,7H,9H2;1H. The average molecular weight is 135 g/mol. The molecule has 0 aliphatic heterocycles. The lowest BCUT2D eigenvalue weighted by Gasteiger charge is -1.98. The van der Waals surface area contributed by atoms with Gasteiger partial charge in [0, 0.05) is 19.4 Å². The molecule has 0 bridgehead atoms. The first-order valence-corrected chi connectivity index (χ1v) is 2.89. The normalized spacial score (nSPS) is 12.0. The molecule has 3 heteroatoms. The molecular formula is C7H9N3. The summed E-state index contributed by atoms with van der Waals surface area (Å²) >= 11 is 0. The maximum Gasteiger partial charge on any atom is 0.120 e. The molecule has 3 nitrogen and oxygen atoms in total. The summed E-state index contributed by atoms with van der Waals surface area (Å²) in [5, 5.41) is 8.39. The lowest BCUT2D eigenvalue weighted by atomic mass is 10.1. The van der Waals surface area contributed by atoms with Gasteiger partial charge in [0.2, 0.25) is 0 Å². The van der Waals surface area contributed by atoms with E-state index < -0.39 is 6.04 Å². The minimum absolute atomic E-state index is 0. The molecule has 1 unspecified atom stereocenters. The summed E-state index contributed by atoms with van der Waals surface area (Å²) in [5.41, 5.74) is 6.15. The van der Waals surface area contributed by atoms with Gasteiger partial charge in [0.05, 0.1) is 6.07 Å². The third-order valence-corrected chi connectivity index (χ3v) is 1.18. The summed E-state index contributed by atoms with van der Waals surface area (Å²) in [5.74, 6) is 0. The minimum Gasteiger partial charge on any atom is -0.312 e. The Balaban J connectivity index is 0.000001000. The molecule has 52 valence electrons. The summed E-state index contributed by atoms with van der Waals surface area (Å²) in [4.78, 5) is 3.82. The fourth-order valence-corrected chi connectivity index (χ4v) is 0.634. The largest absolute Gasteiger partial charge is 0.312 e. The van der Waals surface area contributed by atoms with Crippen molar-refractivity contribution in [3.05, 3.63) is 30.1 Å². The number of nitrogens with zero attached hydrogens (tertiary/aromatic N) is 2. The van der Waals surface area contributed by atoms with Crippen LogP contribution in [0, 0.1) is 11.3 Å². The Labute approximate surface area is 60.6 Å². The Morgan fingerprint density at radius 2 is 2.60 bits per heavy atom. The molecule has 1 aromatic heterocycles. The molecule has 0 aliphatic carbocycles. The minimum atomic E-state index is -0.548. The highest BCUT2D eigenvalue weighted by atomic mass is 14.7. The van der Waals surface area contributed by atoms with Crippen LogP contribution in [0.2, 0.25) is 0 Å². The Hall–Kier alpha value is -1.40. The number of aromatic nitrogens is 1. The van der Waals surface area contributed by atoms with Gasteiger partial charge in [0.25, 0.3) is 0 Å². The first kappa shape index (κ1) is 6.72. The van der Waals surface area contributed by atoms with Crippen LogP contribution in [0.1, 0.15) is 13.0 Å². The van der Waals surface area contributed by atoms with Crippen LogP contribution in [0.25, 0.3) is 0 Å². The second-order valence-electron chi connectivity index (χ2n) is 1.89. The quantitative estimate of drug-likeness (QED) is 0.621. The molecule has 1 heterocycles. The zero-order chi connectivity index (χ0) is 7.40. The van der Waals surface area contributed by atoms with Crippen molar-refractivity contribution in [2.45, 2.75) is 6.04 Å². The third-order valence-electron chi connectivity index (χ3n) is 1.18. The highest BCUT2D eigenvalue weighted by Crippen LogP contribution is 2.04. The van der Waals surface area contributed by atoms with Crippen LogP contribution < -0.4 is 5.73 Å². The summed E-state index contributed by atoms with van der Waals surface area (Å²) in [6.07, 6.45) is 3.24. The van der Waals surface area contributed by atoms with Gasteiger partial charge in [-0.1, -0.05) is 6.07 Å². The average Bonchev–Trinajstić information content (AvgIpc) is 2.05. The van der Waals surface area contributed by atoms with Crippen LogP contribution in [0.5, 0.6) is 0 Å². The maximum atomic E-state index is 8.39. The summed E-state index contributed by atoms with van der Waals surface area (Å²) in [6.45, 7) is 0. The van der Waals surface area contributed by atoms with E-state index in [1.165, 1.54) is 0 Å². The topological polar surface area (TPSA) is 62.7 Å². The van der Waals surface area contributed by atoms with E-state index in [2.05, 4.69) is 4.98 Å². The van der Waals surface area contributed by atoms with Crippen molar-refractivity contribution in [2.24, 2.45) is 5.73 Å². The highest BCUT2D eigenvalue weighted by molar-refractivity contribution is 5.18. The van der Waals surface area contributed by atoms with Crippen LogP contribution in [-0.2, 0) is 0 Å². The van der Waals surface area contributed by atoms with E-state index in [1.807, 2.05) is 6.07 Å². The Bertz CT molecular complexity index is 242. The second kappa shape index (κ2) is 2.95. The molecule has 10 heavy (non-hydrogen) atoms. The number of hydrogen-bond acceptors (Lipinski definition) is 3. The fourth-order valence-electron chi connectivity index (χ4n) is 0.634. The predicted octanol–water partition coefficient (Wildman–Crippen LogP) is 0.851. The van der Waals surface area contributed by atoms with Crippen LogP contribution in [0.15, 0.2) is 24.5 Å². The van der Waals surface area contributed by atoms with Crippen molar-refractivity contribution >= 4 is 0 Å². The molecule has 1 aromatic rings. The first-order valence-electron chi connectivity index (χ1n) is 2.89. The van der Waals surface area contributed by atoms with E-state index in [9.17, 15) is 0 Å². The monoisotopic (exact) mass is 135 g/mol. The Kier molecular flexibility index (Phi) is 1.98. The van der Waals surface area contributed by atoms with Gasteiger partial charge in [-0.25, -0.2) is 0 Å². The molecule has 0 aliphatic rings. The van der Waals surface area contributed by atoms with Gasteiger partial charge in [-0.3, -0.25) is 4.98 Å². The van der Waals surface area contributed by atoms with Crippen LogP contribution in [-0.4, -0.2) is 4.98 Å². The molecule has 0 radical (unpaired) electrons.